The standard InChI is InChI=1S/C16H23NO2/c1-17-13-4-6-14(7-5-13)19-15-8-11-18-16(12-15)9-2-3-10-16/h4-7,15,17H,2-3,8-12H2,1H3. The summed E-state index contributed by atoms with van der Waals surface area (Å²) >= 11 is 0. The summed E-state index contributed by atoms with van der Waals surface area (Å²) in [4.78, 5) is 0. The van der Waals surface area contributed by atoms with E-state index in [1.165, 1.54) is 25.7 Å². The van der Waals surface area contributed by atoms with Crippen LogP contribution in [0.1, 0.15) is 38.5 Å². The number of nitrogens with one attached hydrogen (secondary N) is 1. The van der Waals surface area contributed by atoms with E-state index in [1.54, 1.807) is 0 Å². The molecule has 3 rings (SSSR count). The van der Waals surface area contributed by atoms with Crippen LogP contribution in [0.2, 0.25) is 0 Å². The highest BCUT2D eigenvalue weighted by atomic mass is 16.5. The summed E-state index contributed by atoms with van der Waals surface area (Å²) in [7, 11) is 1.93. The van der Waals surface area contributed by atoms with E-state index >= 15 is 0 Å². The van der Waals surface area contributed by atoms with Gasteiger partial charge in [-0.2, -0.15) is 0 Å². The molecule has 1 unspecified atom stereocenters. The number of hydrogen-bond donors (Lipinski definition) is 1. The van der Waals surface area contributed by atoms with Gasteiger partial charge in [0.1, 0.15) is 11.9 Å². The molecule has 1 aliphatic carbocycles. The Hall–Kier alpha value is -1.22. The molecule has 1 saturated heterocycles. The number of hydrogen-bond acceptors (Lipinski definition) is 3. The first-order valence-electron chi connectivity index (χ1n) is 7.38. The Kier molecular flexibility index (Phi) is 3.65. The molecular formula is C16H23NO2. The fourth-order valence-corrected chi connectivity index (χ4v) is 3.34. The van der Waals surface area contributed by atoms with E-state index in [0.717, 1.165) is 30.9 Å². The Morgan fingerprint density at radius 3 is 2.63 bits per heavy atom. The van der Waals surface area contributed by atoms with E-state index in [1.807, 2.05) is 19.2 Å². The predicted octanol–water partition coefficient (Wildman–Crippen LogP) is 3.60. The van der Waals surface area contributed by atoms with Gasteiger partial charge in [-0.3, -0.25) is 0 Å². The lowest BCUT2D eigenvalue weighted by atomic mass is 9.90. The highest BCUT2D eigenvalue weighted by Gasteiger charge is 2.40. The van der Waals surface area contributed by atoms with Gasteiger partial charge in [-0.15, -0.1) is 0 Å². The van der Waals surface area contributed by atoms with Crippen LogP contribution in [0.15, 0.2) is 24.3 Å². The van der Waals surface area contributed by atoms with Crippen molar-refractivity contribution in [2.45, 2.75) is 50.2 Å². The van der Waals surface area contributed by atoms with Crippen LogP contribution >= 0.6 is 0 Å². The van der Waals surface area contributed by atoms with E-state index in [4.69, 9.17) is 9.47 Å². The Balaban J connectivity index is 1.62. The molecule has 0 bridgehead atoms. The summed E-state index contributed by atoms with van der Waals surface area (Å²) in [6.45, 7) is 0.846. The molecule has 104 valence electrons. The third-order valence-corrected chi connectivity index (χ3v) is 4.41. The highest BCUT2D eigenvalue weighted by Crippen LogP contribution is 2.40. The van der Waals surface area contributed by atoms with Crippen molar-refractivity contribution in [3.63, 3.8) is 0 Å². The lowest BCUT2D eigenvalue weighted by molar-refractivity contribution is -0.108. The van der Waals surface area contributed by atoms with E-state index < -0.39 is 0 Å². The molecule has 1 aromatic carbocycles. The average molecular weight is 261 g/mol. The maximum Gasteiger partial charge on any atom is 0.119 e. The van der Waals surface area contributed by atoms with Gasteiger partial charge in [0.2, 0.25) is 0 Å². The van der Waals surface area contributed by atoms with Crippen molar-refractivity contribution in [1.82, 2.24) is 0 Å². The summed E-state index contributed by atoms with van der Waals surface area (Å²) in [5.74, 6) is 0.971. The van der Waals surface area contributed by atoms with Crippen molar-refractivity contribution in [3.05, 3.63) is 24.3 Å². The lowest BCUT2D eigenvalue weighted by Crippen LogP contribution is -2.41. The molecule has 1 spiro atoms. The summed E-state index contributed by atoms with van der Waals surface area (Å²) in [6, 6.07) is 8.20. The zero-order valence-electron chi connectivity index (χ0n) is 11.7. The van der Waals surface area contributed by atoms with E-state index in [9.17, 15) is 0 Å². The summed E-state index contributed by atoms with van der Waals surface area (Å²) in [5.41, 5.74) is 1.25. The summed E-state index contributed by atoms with van der Waals surface area (Å²) in [5, 5.41) is 3.12. The van der Waals surface area contributed by atoms with Crippen molar-refractivity contribution >= 4 is 5.69 Å². The third kappa shape index (κ3) is 2.86. The quantitative estimate of drug-likeness (QED) is 0.901. The van der Waals surface area contributed by atoms with Crippen LogP contribution in [-0.4, -0.2) is 25.4 Å². The minimum Gasteiger partial charge on any atom is -0.490 e. The second-order valence-corrected chi connectivity index (χ2v) is 5.75. The molecule has 19 heavy (non-hydrogen) atoms. The van der Waals surface area contributed by atoms with Crippen LogP contribution in [0.25, 0.3) is 0 Å². The molecule has 2 aliphatic rings. The van der Waals surface area contributed by atoms with Crippen LogP contribution in [0.3, 0.4) is 0 Å². The SMILES string of the molecule is CNc1ccc(OC2CCOC3(CCCC3)C2)cc1. The second-order valence-electron chi connectivity index (χ2n) is 5.75. The molecule has 1 aliphatic heterocycles. The van der Waals surface area contributed by atoms with Gasteiger partial charge in [0.25, 0.3) is 0 Å². The van der Waals surface area contributed by atoms with E-state index in [2.05, 4.69) is 17.4 Å². The van der Waals surface area contributed by atoms with Gasteiger partial charge < -0.3 is 14.8 Å². The first-order valence-corrected chi connectivity index (χ1v) is 7.38. The molecule has 0 aromatic heterocycles. The van der Waals surface area contributed by atoms with E-state index in [-0.39, 0.29) is 5.60 Å². The lowest BCUT2D eigenvalue weighted by Gasteiger charge is -2.38. The Labute approximate surface area is 115 Å². The molecular weight excluding hydrogens is 238 g/mol. The zero-order chi connectivity index (χ0) is 13.1. The highest BCUT2D eigenvalue weighted by molar-refractivity contribution is 5.45. The number of ether oxygens (including phenoxy) is 2. The maximum atomic E-state index is 6.13. The molecule has 1 aromatic rings. The Bertz CT molecular complexity index is 409. The second kappa shape index (κ2) is 5.41. The smallest absolute Gasteiger partial charge is 0.119 e. The minimum absolute atomic E-state index is 0.133. The minimum atomic E-state index is 0.133. The fourth-order valence-electron chi connectivity index (χ4n) is 3.34. The average Bonchev–Trinajstić information content (AvgIpc) is 2.88. The summed E-state index contributed by atoms with van der Waals surface area (Å²) < 4.78 is 12.2. The van der Waals surface area contributed by atoms with Gasteiger partial charge in [-0.1, -0.05) is 12.8 Å². The monoisotopic (exact) mass is 261 g/mol. The number of benzene rings is 1. The maximum absolute atomic E-state index is 6.13. The van der Waals surface area contributed by atoms with Crippen molar-refractivity contribution in [3.8, 4) is 5.75 Å². The van der Waals surface area contributed by atoms with Crippen molar-refractivity contribution < 1.29 is 9.47 Å². The predicted molar refractivity (Wildman–Crippen MR) is 76.8 cm³/mol. The molecule has 1 heterocycles. The molecule has 3 nitrogen and oxygen atoms in total. The Morgan fingerprint density at radius 1 is 1.21 bits per heavy atom. The van der Waals surface area contributed by atoms with Crippen molar-refractivity contribution in [1.29, 1.82) is 0 Å². The number of anilines is 1. The van der Waals surface area contributed by atoms with Gasteiger partial charge in [0, 0.05) is 25.6 Å². The number of rotatable bonds is 3. The molecule has 1 atom stereocenters. The van der Waals surface area contributed by atoms with E-state index in [0.29, 0.717) is 6.10 Å². The van der Waals surface area contributed by atoms with Crippen molar-refractivity contribution in [2.24, 2.45) is 0 Å². The van der Waals surface area contributed by atoms with Gasteiger partial charge in [0.15, 0.2) is 0 Å². The molecule has 0 amide bonds. The molecule has 2 fully saturated rings. The third-order valence-electron chi connectivity index (χ3n) is 4.41. The van der Waals surface area contributed by atoms with Crippen LogP contribution in [0.4, 0.5) is 5.69 Å². The summed E-state index contributed by atoms with van der Waals surface area (Å²) in [6.07, 6.45) is 7.42. The first-order chi connectivity index (χ1) is 9.30. The van der Waals surface area contributed by atoms with Crippen molar-refractivity contribution in [2.75, 3.05) is 19.0 Å². The zero-order valence-corrected chi connectivity index (χ0v) is 11.7. The molecule has 1 saturated carbocycles. The molecule has 3 heteroatoms. The Morgan fingerprint density at radius 2 is 1.95 bits per heavy atom. The van der Waals surface area contributed by atoms with Crippen LogP contribution in [0.5, 0.6) is 5.75 Å². The van der Waals surface area contributed by atoms with Crippen LogP contribution < -0.4 is 10.1 Å². The molecule has 0 radical (unpaired) electrons. The fraction of sp³-hybridized carbons (Fsp3) is 0.625. The first kappa shape index (κ1) is 12.8. The van der Waals surface area contributed by atoms with Crippen LogP contribution in [0, 0.1) is 0 Å². The van der Waals surface area contributed by atoms with Gasteiger partial charge in [-0.25, -0.2) is 0 Å². The largest absolute Gasteiger partial charge is 0.490 e. The molecule has 1 N–H and O–H groups in total. The van der Waals surface area contributed by atoms with Gasteiger partial charge in [0.05, 0.1) is 12.2 Å². The topological polar surface area (TPSA) is 30.5 Å². The van der Waals surface area contributed by atoms with Crippen LogP contribution in [-0.2, 0) is 4.74 Å². The normalized spacial score (nSPS) is 25.4. The van der Waals surface area contributed by atoms with Gasteiger partial charge in [-0.05, 0) is 37.1 Å². The van der Waals surface area contributed by atoms with Gasteiger partial charge >= 0.3 is 0 Å².